The molecule has 4 heteroatoms. The standard InChI is InChI=1S/C17H19N3O/c1-2-20(13-15-8-10-19-11-9-15)17(21)7-6-14-4-3-5-16(18)12-14/h3-12H,2,13,18H2,1H3/b7-6+. The maximum Gasteiger partial charge on any atom is 0.246 e. The Morgan fingerprint density at radius 3 is 2.71 bits per heavy atom. The minimum atomic E-state index is -0.0169. The van der Waals surface area contributed by atoms with Crippen molar-refractivity contribution in [2.24, 2.45) is 0 Å². The average Bonchev–Trinajstić information content (AvgIpc) is 2.51. The third-order valence-electron chi connectivity index (χ3n) is 3.15. The van der Waals surface area contributed by atoms with Crippen LogP contribution in [0, 0.1) is 0 Å². The molecule has 0 aliphatic rings. The van der Waals surface area contributed by atoms with Gasteiger partial charge in [-0.2, -0.15) is 0 Å². The minimum absolute atomic E-state index is 0.0169. The van der Waals surface area contributed by atoms with E-state index in [1.165, 1.54) is 0 Å². The number of amides is 1. The molecule has 0 atom stereocenters. The second-order valence-corrected chi connectivity index (χ2v) is 4.71. The first-order valence-electron chi connectivity index (χ1n) is 6.90. The summed E-state index contributed by atoms with van der Waals surface area (Å²) >= 11 is 0. The predicted octanol–water partition coefficient (Wildman–Crippen LogP) is 2.73. The smallest absolute Gasteiger partial charge is 0.246 e. The van der Waals surface area contributed by atoms with Crippen LogP contribution in [0.2, 0.25) is 0 Å². The quantitative estimate of drug-likeness (QED) is 0.677. The third kappa shape index (κ3) is 4.45. The first-order valence-corrected chi connectivity index (χ1v) is 6.90. The molecule has 0 saturated heterocycles. The monoisotopic (exact) mass is 281 g/mol. The Balaban J connectivity index is 2.03. The number of carbonyl (C=O) groups is 1. The maximum absolute atomic E-state index is 12.2. The van der Waals surface area contributed by atoms with Gasteiger partial charge in [-0.3, -0.25) is 9.78 Å². The Labute approximate surface area is 124 Å². The zero-order valence-corrected chi connectivity index (χ0v) is 12.1. The number of rotatable bonds is 5. The molecule has 0 radical (unpaired) electrons. The van der Waals surface area contributed by atoms with E-state index in [1.54, 1.807) is 29.4 Å². The summed E-state index contributed by atoms with van der Waals surface area (Å²) in [5.41, 5.74) is 8.39. The summed E-state index contributed by atoms with van der Waals surface area (Å²) in [5, 5.41) is 0. The van der Waals surface area contributed by atoms with Gasteiger partial charge in [0.1, 0.15) is 0 Å². The zero-order valence-electron chi connectivity index (χ0n) is 12.1. The number of benzene rings is 1. The molecule has 2 N–H and O–H groups in total. The number of nitrogens with two attached hydrogens (primary N) is 1. The van der Waals surface area contributed by atoms with E-state index < -0.39 is 0 Å². The lowest BCUT2D eigenvalue weighted by Crippen LogP contribution is -2.28. The number of nitrogen functional groups attached to an aromatic ring is 1. The van der Waals surface area contributed by atoms with Crippen LogP contribution in [0.3, 0.4) is 0 Å². The van der Waals surface area contributed by atoms with Crippen LogP contribution in [-0.4, -0.2) is 22.3 Å². The fourth-order valence-electron chi connectivity index (χ4n) is 1.99. The van der Waals surface area contributed by atoms with Gasteiger partial charge in [-0.05, 0) is 48.4 Å². The van der Waals surface area contributed by atoms with Crippen molar-refractivity contribution in [3.8, 4) is 0 Å². The molecule has 2 rings (SSSR count). The Morgan fingerprint density at radius 2 is 2.05 bits per heavy atom. The van der Waals surface area contributed by atoms with Crippen molar-refractivity contribution in [3.05, 3.63) is 66.0 Å². The summed E-state index contributed by atoms with van der Waals surface area (Å²) in [6.07, 6.45) is 6.83. The number of nitrogens with zero attached hydrogens (tertiary/aromatic N) is 2. The molecular formula is C17H19N3O. The lowest BCUT2D eigenvalue weighted by Gasteiger charge is -2.19. The molecule has 1 heterocycles. The second-order valence-electron chi connectivity index (χ2n) is 4.71. The van der Waals surface area contributed by atoms with Crippen molar-refractivity contribution >= 4 is 17.7 Å². The Bertz CT molecular complexity index is 623. The highest BCUT2D eigenvalue weighted by molar-refractivity contribution is 5.91. The van der Waals surface area contributed by atoms with Crippen LogP contribution in [0.15, 0.2) is 54.9 Å². The van der Waals surface area contributed by atoms with E-state index in [2.05, 4.69) is 4.98 Å². The highest BCUT2D eigenvalue weighted by atomic mass is 16.2. The summed E-state index contributed by atoms with van der Waals surface area (Å²) < 4.78 is 0. The number of anilines is 1. The van der Waals surface area contributed by atoms with Gasteiger partial charge in [-0.25, -0.2) is 0 Å². The van der Waals surface area contributed by atoms with Gasteiger partial charge in [0.2, 0.25) is 5.91 Å². The van der Waals surface area contributed by atoms with E-state index in [-0.39, 0.29) is 5.91 Å². The minimum Gasteiger partial charge on any atom is -0.399 e. The van der Waals surface area contributed by atoms with E-state index in [9.17, 15) is 4.79 Å². The van der Waals surface area contributed by atoms with Crippen LogP contribution >= 0.6 is 0 Å². The Hall–Kier alpha value is -2.62. The number of hydrogen-bond donors (Lipinski definition) is 1. The zero-order chi connectivity index (χ0) is 15.1. The van der Waals surface area contributed by atoms with Crippen LogP contribution in [0.5, 0.6) is 0 Å². The predicted molar refractivity (Wildman–Crippen MR) is 85.2 cm³/mol. The fraction of sp³-hybridized carbons (Fsp3) is 0.176. The first kappa shape index (κ1) is 14.8. The van der Waals surface area contributed by atoms with E-state index in [0.717, 1.165) is 11.1 Å². The van der Waals surface area contributed by atoms with Gasteiger partial charge < -0.3 is 10.6 Å². The molecule has 1 aromatic heterocycles. The molecule has 108 valence electrons. The Morgan fingerprint density at radius 1 is 1.29 bits per heavy atom. The van der Waals surface area contributed by atoms with E-state index in [1.807, 2.05) is 43.3 Å². The van der Waals surface area contributed by atoms with Gasteiger partial charge >= 0.3 is 0 Å². The fourth-order valence-corrected chi connectivity index (χ4v) is 1.99. The third-order valence-corrected chi connectivity index (χ3v) is 3.15. The SMILES string of the molecule is CCN(Cc1ccncc1)C(=O)/C=C/c1cccc(N)c1. The van der Waals surface area contributed by atoms with E-state index >= 15 is 0 Å². The lowest BCUT2D eigenvalue weighted by molar-refractivity contribution is -0.126. The molecule has 0 fully saturated rings. The summed E-state index contributed by atoms with van der Waals surface area (Å²) in [6.45, 7) is 3.20. The van der Waals surface area contributed by atoms with Crippen LogP contribution < -0.4 is 5.73 Å². The van der Waals surface area contributed by atoms with Crippen molar-refractivity contribution < 1.29 is 4.79 Å². The van der Waals surface area contributed by atoms with Crippen LogP contribution in [0.25, 0.3) is 6.08 Å². The van der Waals surface area contributed by atoms with Gasteiger partial charge in [0.25, 0.3) is 0 Å². The highest BCUT2D eigenvalue weighted by Crippen LogP contribution is 2.09. The molecule has 1 aromatic carbocycles. The van der Waals surface area contributed by atoms with Gasteiger partial charge in [0.05, 0.1) is 0 Å². The van der Waals surface area contributed by atoms with Gasteiger partial charge in [0, 0.05) is 37.2 Å². The summed E-state index contributed by atoms with van der Waals surface area (Å²) in [6, 6.07) is 11.3. The molecule has 0 aliphatic heterocycles. The van der Waals surface area contributed by atoms with Crippen molar-refractivity contribution in [2.75, 3.05) is 12.3 Å². The molecule has 21 heavy (non-hydrogen) atoms. The molecule has 1 amide bonds. The maximum atomic E-state index is 12.2. The second kappa shape index (κ2) is 7.24. The molecule has 2 aromatic rings. The van der Waals surface area contributed by atoms with E-state index in [0.29, 0.717) is 18.8 Å². The van der Waals surface area contributed by atoms with Crippen molar-refractivity contribution in [1.29, 1.82) is 0 Å². The summed E-state index contributed by atoms with van der Waals surface area (Å²) in [4.78, 5) is 18.0. The molecule has 0 aliphatic carbocycles. The van der Waals surface area contributed by atoms with Crippen LogP contribution in [0.1, 0.15) is 18.1 Å². The molecule has 0 unspecified atom stereocenters. The van der Waals surface area contributed by atoms with Crippen molar-refractivity contribution in [1.82, 2.24) is 9.88 Å². The largest absolute Gasteiger partial charge is 0.399 e. The van der Waals surface area contributed by atoms with Gasteiger partial charge in [-0.15, -0.1) is 0 Å². The highest BCUT2D eigenvalue weighted by Gasteiger charge is 2.08. The lowest BCUT2D eigenvalue weighted by atomic mass is 10.2. The molecule has 0 saturated carbocycles. The number of aromatic nitrogens is 1. The summed E-state index contributed by atoms with van der Waals surface area (Å²) in [5.74, 6) is -0.0169. The van der Waals surface area contributed by atoms with Gasteiger partial charge in [-0.1, -0.05) is 12.1 Å². The number of hydrogen-bond acceptors (Lipinski definition) is 3. The number of carbonyl (C=O) groups excluding carboxylic acids is 1. The molecule has 0 bridgehead atoms. The van der Waals surface area contributed by atoms with Crippen LogP contribution in [-0.2, 0) is 11.3 Å². The molecule has 4 nitrogen and oxygen atoms in total. The molecular weight excluding hydrogens is 262 g/mol. The van der Waals surface area contributed by atoms with E-state index in [4.69, 9.17) is 5.73 Å². The number of likely N-dealkylation sites (N-methyl/N-ethyl adjacent to an activating group) is 1. The van der Waals surface area contributed by atoms with Gasteiger partial charge in [0.15, 0.2) is 0 Å². The van der Waals surface area contributed by atoms with Crippen molar-refractivity contribution in [3.63, 3.8) is 0 Å². The van der Waals surface area contributed by atoms with Crippen LogP contribution in [0.4, 0.5) is 5.69 Å². The topological polar surface area (TPSA) is 59.2 Å². The normalized spacial score (nSPS) is 10.7. The Kier molecular flexibility index (Phi) is 5.10. The average molecular weight is 281 g/mol. The number of pyridine rings is 1. The summed E-state index contributed by atoms with van der Waals surface area (Å²) in [7, 11) is 0. The van der Waals surface area contributed by atoms with Crippen molar-refractivity contribution in [2.45, 2.75) is 13.5 Å². The molecule has 0 spiro atoms. The first-order chi connectivity index (χ1) is 10.2.